The third-order valence-corrected chi connectivity index (χ3v) is 3.13. The lowest BCUT2D eigenvalue weighted by atomic mass is 9.78. The van der Waals surface area contributed by atoms with Gasteiger partial charge in [-0.2, -0.15) is 0 Å². The Morgan fingerprint density at radius 3 is 2.40 bits per heavy atom. The second kappa shape index (κ2) is 4.38. The SMILES string of the molecule is CCCC1=C(OC)CC(C(C)(C)C)C1=O. The summed E-state index contributed by atoms with van der Waals surface area (Å²) < 4.78 is 5.33. The number of hydrogen-bond donors (Lipinski definition) is 0. The van der Waals surface area contributed by atoms with E-state index in [0.717, 1.165) is 30.6 Å². The van der Waals surface area contributed by atoms with Crippen LogP contribution in [0, 0.1) is 11.3 Å². The predicted octanol–water partition coefficient (Wildman–Crippen LogP) is 3.32. The molecule has 0 amide bonds. The quantitative estimate of drug-likeness (QED) is 0.714. The average Bonchev–Trinajstić information content (AvgIpc) is 2.44. The first-order valence-electron chi connectivity index (χ1n) is 5.72. The van der Waals surface area contributed by atoms with Crippen LogP contribution in [0.2, 0.25) is 0 Å². The number of carbonyl (C=O) groups excluding carboxylic acids is 1. The van der Waals surface area contributed by atoms with Crippen LogP contribution in [-0.2, 0) is 9.53 Å². The highest BCUT2D eigenvalue weighted by Crippen LogP contribution is 2.41. The minimum Gasteiger partial charge on any atom is -0.501 e. The summed E-state index contributed by atoms with van der Waals surface area (Å²) in [6.45, 7) is 8.46. The van der Waals surface area contributed by atoms with Gasteiger partial charge in [0.25, 0.3) is 0 Å². The third kappa shape index (κ3) is 2.42. The molecule has 0 radical (unpaired) electrons. The minimum atomic E-state index is 0.0381. The molecule has 0 bridgehead atoms. The topological polar surface area (TPSA) is 26.3 Å². The zero-order valence-corrected chi connectivity index (χ0v) is 10.5. The molecule has 0 aromatic heterocycles. The summed E-state index contributed by atoms with van der Waals surface area (Å²) in [5.74, 6) is 1.33. The predicted molar refractivity (Wildman–Crippen MR) is 61.5 cm³/mol. The van der Waals surface area contributed by atoms with Crippen LogP contribution in [0.4, 0.5) is 0 Å². The van der Waals surface area contributed by atoms with Gasteiger partial charge in [-0.1, -0.05) is 34.1 Å². The summed E-state index contributed by atoms with van der Waals surface area (Å²) in [5, 5.41) is 0. The first-order valence-corrected chi connectivity index (χ1v) is 5.72. The summed E-state index contributed by atoms with van der Waals surface area (Å²) >= 11 is 0. The first-order chi connectivity index (χ1) is 6.91. The van der Waals surface area contributed by atoms with E-state index >= 15 is 0 Å². The van der Waals surface area contributed by atoms with E-state index in [4.69, 9.17) is 4.74 Å². The summed E-state index contributed by atoms with van der Waals surface area (Å²) in [6, 6.07) is 0. The molecule has 0 spiro atoms. The van der Waals surface area contributed by atoms with Crippen LogP contribution in [0.25, 0.3) is 0 Å². The Bertz CT molecular complexity index is 281. The van der Waals surface area contributed by atoms with E-state index in [1.807, 2.05) is 0 Å². The van der Waals surface area contributed by atoms with Crippen molar-refractivity contribution in [3.63, 3.8) is 0 Å². The smallest absolute Gasteiger partial charge is 0.166 e. The number of ether oxygens (including phenoxy) is 1. The number of methoxy groups -OCH3 is 1. The molecule has 86 valence electrons. The maximum absolute atomic E-state index is 12.2. The molecule has 2 nitrogen and oxygen atoms in total. The fourth-order valence-electron chi connectivity index (χ4n) is 2.17. The van der Waals surface area contributed by atoms with Gasteiger partial charge < -0.3 is 4.74 Å². The molecule has 0 heterocycles. The molecule has 0 saturated carbocycles. The van der Waals surface area contributed by atoms with Gasteiger partial charge in [-0.15, -0.1) is 0 Å². The first kappa shape index (κ1) is 12.3. The van der Waals surface area contributed by atoms with Gasteiger partial charge in [-0.05, 0) is 11.8 Å². The average molecular weight is 210 g/mol. The van der Waals surface area contributed by atoms with Crippen molar-refractivity contribution in [1.82, 2.24) is 0 Å². The van der Waals surface area contributed by atoms with Crippen molar-refractivity contribution in [2.45, 2.75) is 47.0 Å². The van der Waals surface area contributed by atoms with E-state index in [0.29, 0.717) is 5.78 Å². The van der Waals surface area contributed by atoms with E-state index in [1.165, 1.54) is 0 Å². The lowest BCUT2D eigenvalue weighted by molar-refractivity contribution is -0.121. The van der Waals surface area contributed by atoms with Crippen LogP contribution in [0.1, 0.15) is 47.0 Å². The molecule has 1 aliphatic carbocycles. The molecule has 2 heteroatoms. The summed E-state index contributed by atoms with van der Waals surface area (Å²) in [4.78, 5) is 12.2. The number of rotatable bonds is 3. The Labute approximate surface area is 92.7 Å². The number of allylic oxidation sites excluding steroid dienone is 2. The molecule has 0 saturated heterocycles. The van der Waals surface area contributed by atoms with Crippen molar-refractivity contribution in [2.24, 2.45) is 11.3 Å². The molecule has 1 rings (SSSR count). The molecular weight excluding hydrogens is 188 g/mol. The molecule has 0 aromatic rings. The summed E-state index contributed by atoms with van der Waals surface area (Å²) in [6.07, 6.45) is 2.65. The van der Waals surface area contributed by atoms with Gasteiger partial charge in [0.15, 0.2) is 5.78 Å². The molecular formula is C13H22O2. The van der Waals surface area contributed by atoms with Crippen LogP contribution in [0.15, 0.2) is 11.3 Å². The fourth-order valence-corrected chi connectivity index (χ4v) is 2.17. The lowest BCUT2D eigenvalue weighted by Gasteiger charge is -2.25. The van der Waals surface area contributed by atoms with E-state index in [1.54, 1.807) is 7.11 Å². The van der Waals surface area contributed by atoms with E-state index in [2.05, 4.69) is 27.7 Å². The Kier molecular flexibility index (Phi) is 3.58. The normalized spacial score (nSPS) is 22.5. The van der Waals surface area contributed by atoms with E-state index < -0.39 is 0 Å². The highest BCUT2D eigenvalue weighted by Gasteiger charge is 2.40. The number of carbonyl (C=O) groups is 1. The number of Topliss-reactive ketones (excluding diaryl/α,β-unsaturated/α-hetero) is 1. The molecule has 0 aliphatic heterocycles. The Morgan fingerprint density at radius 2 is 2.00 bits per heavy atom. The molecule has 15 heavy (non-hydrogen) atoms. The Balaban J connectivity index is 2.90. The highest BCUT2D eigenvalue weighted by atomic mass is 16.5. The lowest BCUT2D eigenvalue weighted by Crippen LogP contribution is -2.25. The van der Waals surface area contributed by atoms with Crippen molar-refractivity contribution in [1.29, 1.82) is 0 Å². The van der Waals surface area contributed by atoms with Gasteiger partial charge in [0.1, 0.15) is 5.76 Å². The summed E-state index contributed by atoms with van der Waals surface area (Å²) in [5.41, 5.74) is 0.969. The van der Waals surface area contributed by atoms with Crippen molar-refractivity contribution < 1.29 is 9.53 Å². The second-order valence-electron chi connectivity index (χ2n) is 5.34. The zero-order valence-electron chi connectivity index (χ0n) is 10.5. The standard InChI is InChI=1S/C13H22O2/c1-6-7-9-11(15-5)8-10(12(9)14)13(2,3)4/h10H,6-8H2,1-5H3. The molecule has 1 aliphatic rings. The molecule has 1 unspecified atom stereocenters. The molecule has 0 N–H and O–H groups in total. The van der Waals surface area contributed by atoms with E-state index in [-0.39, 0.29) is 11.3 Å². The van der Waals surface area contributed by atoms with Crippen molar-refractivity contribution in [2.75, 3.05) is 7.11 Å². The number of hydrogen-bond acceptors (Lipinski definition) is 2. The van der Waals surface area contributed by atoms with Crippen LogP contribution >= 0.6 is 0 Å². The van der Waals surface area contributed by atoms with Gasteiger partial charge in [0.2, 0.25) is 0 Å². The van der Waals surface area contributed by atoms with E-state index in [9.17, 15) is 4.79 Å². The van der Waals surface area contributed by atoms with Gasteiger partial charge in [-0.3, -0.25) is 4.79 Å². The number of ketones is 1. The molecule has 0 aromatic carbocycles. The second-order valence-corrected chi connectivity index (χ2v) is 5.34. The maximum atomic E-state index is 12.2. The fraction of sp³-hybridized carbons (Fsp3) is 0.769. The Morgan fingerprint density at radius 1 is 1.40 bits per heavy atom. The van der Waals surface area contributed by atoms with Crippen LogP contribution < -0.4 is 0 Å². The summed E-state index contributed by atoms with van der Waals surface area (Å²) in [7, 11) is 1.67. The van der Waals surface area contributed by atoms with Gasteiger partial charge in [0, 0.05) is 17.9 Å². The third-order valence-electron chi connectivity index (χ3n) is 3.13. The highest BCUT2D eigenvalue weighted by molar-refractivity contribution is 6.00. The van der Waals surface area contributed by atoms with Crippen LogP contribution in [0.5, 0.6) is 0 Å². The monoisotopic (exact) mass is 210 g/mol. The van der Waals surface area contributed by atoms with Gasteiger partial charge in [-0.25, -0.2) is 0 Å². The minimum absolute atomic E-state index is 0.0381. The zero-order chi connectivity index (χ0) is 11.6. The molecule has 0 fully saturated rings. The van der Waals surface area contributed by atoms with Crippen molar-refractivity contribution in [3.8, 4) is 0 Å². The van der Waals surface area contributed by atoms with Gasteiger partial charge in [0.05, 0.1) is 7.11 Å². The van der Waals surface area contributed by atoms with Crippen molar-refractivity contribution >= 4 is 5.78 Å². The van der Waals surface area contributed by atoms with Crippen LogP contribution in [-0.4, -0.2) is 12.9 Å². The van der Waals surface area contributed by atoms with Crippen molar-refractivity contribution in [3.05, 3.63) is 11.3 Å². The Hall–Kier alpha value is -0.790. The van der Waals surface area contributed by atoms with Crippen LogP contribution in [0.3, 0.4) is 0 Å². The largest absolute Gasteiger partial charge is 0.501 e. The maximum Gasteiger partial charge on any atom is 0.166 e. The molecule has 1 atom stereocenters. The van der Waals surface area contributed by atoms with Gasteiger partial charge >= 0.3 is 0 Å².